The minimum atomic E-state index is -0.518. The molecule has 126 valence electrons. The van der Waals surface area contributed by atoms with Gasteiger partial charge in [-0.05, 0) is 29.3 Å². The maximum atomic E-state index is 13.8. The lowest BCUT2D eigenvalue weighted by molar-refractivity contribution is 0.163. The maximum absolute atomic E-state index is 13.8. The third kappa shape index (κ3) is 4.64. The van der Waals surface area contributed by atoms with Crippen LogP contribution in [-0.2, 0) is 11.2 Å². The number of nitrogens with one attached hydrogen (secondary N) is 1. The van der Waals surface area contributed by atoms with Crippen molar-refractivity contribution in [2.24, 2.45) is 0 Å². The molecule has 0 bridgehead atoms. The smallest absolute Gasteiger partial charge is 0.411 e. The first-order valence-corrected chi connectivity index (χ1v) is 7.90. The SMILES string of the molecule is O=C(Nc1cccnc1)OCCc1ccc(-c2ccccc2F)cc1. The first kappa shape index (κ1) is 16.6. The molecule has 0 fully saturated rings. The molecule has 1 N–H and O–H groups in total. The summed E-state index contributed by atoms with van der Waals surface area (Å²) >= 11 is 0. The Balaban J connectivity index is 1.51. The van der Waals surface area contributed by atoms with E-state index in [-0.39, 0.29) is 12.4 Å². The second kappa shape index (κ2) is 8.06. The zero-order chi connectivity index (χ0) is 17.5. The number of hydrogen-bond acceptors (Lipinski definition) is 3. The zero-order valence-electron chi connectivity index (χ0n) is 13.5. The standard InChI is InChI=1S/C20H17FN2O2/c21-19-6-2-1-5-18(19)16-9-7-15(8-10-16)11-13-25-20(24)23-17-4-3-12-22-14-17/h1-10,12,14H,11,13H2,(H,23,24). The second-order valence-corrected chi connectivity index (χ2v) is 5.43. The number of nitrogens with zero attached hydrogens (tertiary/aromatic N) is 1. The van der Waals surface area contributed by atoms with Gasteiger partial charge in [0.25, 0.3) is 0 Å². The lowest BCUT2D eigenvalue weighted by Crippen LogP contribution is -2.15. The Kier molecular flexibility index (Phi) is 5.36. The Labute approximate surface area is 145 Å². The summed E-state index contributed by atoms with van der Waals surface area (Å²) in [5, 5.41) is 2.60. The van der Waals surface area contributed by atoms with Gasteiger partial charge in [-0.2, -0.15) is 0 Å². The van der Waals surface area contributed by atoms with Gasteiger partial charge in [-0.15, -0.1) is 0 Å². The first-order valence-electron chi connectivity index (χ1n) is 7.90. The van der Waals surface area contributed by atoms with E-state index in [4.69, 9.17) is 4.74 Å². The van der Waals surface area contributed by atoms with Gasteiger partial charge in [0.15, 0.2) is 0 Å². The van der Waals surface area contributed by atoms with Gasteiger partial charge in [-0.3, -0.25) is 10.3 Å². The topological polar surface area (TPSA) is 51.2 Å². The molecule has 0 atom stereocenters. The number of ether oxygens (including phenoxy) is 1. The van der Waals surface area contributed by atoms with E-state index in [1.807, 2.05) is 24.3 Å². The lowest BCUT2D eigenvalue weighted by Gasteiger charge is -2.08. The number of carbonyl (C=O) groups is 1. The molecule has 5 heteroatoms. The summed E-state index contributed by atoms with van der Waals surface area (Å²) in [6, 6.07) is 17.7. The molecule has 4 nitrogen and oxygen atoms in total. The molecule has 1 aromatic heterocycles. The Bertz CT molecular complexity index is 836. The fourth-order valence-corrected chi connectivity index (χ4v) is 2.40. The van der Waals surface area contributed by atoms with Gasteiger partial charge < -0.3 is 4.74 Å². The van der Waals surface area contributed by atoms with E-state index in [1.54, 1.807) is 42.7 Å². The molecule has 0 saturated carbocycles. The van der Waals surface area contributed by atoms with Crippen LogP contribution in [0.5, 0.6) is 0 Å². The summed E-state index contributed by atoms with van der Waals surface area (Å²) in [5.74, 6) is -0.245. The third-order valence-electron chi connectivity index (χ3n) is 3.67. The van der Waals surface area contributed by atoms with E-state index >= 15 is 0 Å². The third-order valence-corrected chi connectivity index (χ3v) is 3.67. The summed E-state index contributed by atoms with van der Waals surface area (Å²) in [4.78, 5) is 15.6. The normalized spacial score (nSPS) is 10.3. The Morgan fingerprint density at radius 2 is 1.84 bits per heavy atom. The van der Waals surface area contributed by atoms with Gasteiger partial charge in [-0.1, -0.05) is 42.5 Å². The van der Waals surface area contributed by atoms with Crippen LogP contribution in [0.25, 0.3) is 11.1 Å². The van der Waals surface area contributed by atoms with E-state index in [1.165, 1.54) is 6.07 Å². The van der Waals surface area contributed by atoms with Crippen LogP contribution in [0, 0.1) is 5.82 Å². The van der Waals surface area contributed by atoms with Crippen molar-refractivity contribution < 1.29 is 13.9 Å². The van der Waals surface area contributed by atoms with Crippen molar-refractivity contribution in [3.05, 3.63) is 84.4 Å². The predicted molar refractivity (Wildman–Crippen MR) is 94.7 cm³/mol. The Hall–Kier alpha value is -3.21. The van der Waals surface area contributed by atoms with E-state index in [9.17, 15) is 9.18 Å². The number of anilines is 1. The molecule has 0 saturated heterocycles. The number of aromatic nitrogens is 1. The number of hydrogen-bond donors (Lipinski definition) is 1. The highest BCUT2D eigenvalue weighted by Gasteiger charge is 2.05. The quantitative estimate of drug-likeness (QED) is 0.736. The van der Waals surface area contributed by atoms with Gasteiger partial charge in [0.05, 0.1) is 18.5 Å². The highest BCUT2D eigenvalue weighted by Crippen LogP contribution is 2.22. The number of benzene rings is 2. The molecule has 3 aromatic rings. The summed E-state index contributed by atoms with van der Waals surface area (Å²) in [6.45, 7) is 0.255. The fraction of sp³-hybridized carbons (Fsp3) is 0.100. The van der Waals surface area contributed by atoms with Crippen molar-refractivity contribution in [1.82, 2.24) is 4.98 Å². The van der Waals surface area contributed by atoms with E-state index in [0.29, 0.717) is 17.7 Å². The average Bonchev–Trinajstić information content (AvgIpc) is 2.64. The summed E-state index contributed by atoms with van der Waals surface area (Å²) in [5.41, 5.74) is 2.98. The van der Waals surface area contributed by atoms with E-state index in [2.05, 4.69) is 10.3 Å². The van der Waals surface area contributed by atoms with Crippen molar-refractivity contribution in [1.29, 1.82) is 0 Å². The number of pyridine rings is 1. The maximum Gasteiger partial charge on any atom is 0.411 e. The molecular weight excluding hydrogens is 319 g/mol. The molecule has 1 amide bonds. The van der Waals surface area contributed by atoms with Crippen molar-refractivity contribution in [3.8, 4) is 11.1 Å². The fourth-order valence-electron chi connectivity index (χ4n) is 2.40. The molecule has 0 aliphatic carbocycles. The number of rotatable bonds is 5. The van der Waals surface area contributed by atoms with E-state index < -0.39 is 6.09 Å². The summed E-state index contributed by atoms with van der Waals surface area (Å²) in [6.07, 6.45) is 3.23. The first-order chi connectivity index (χ1) is 12.2. The Morgan fingerprint density at radius 1 is 1.04 bits per heavy atom. The van der Waals surface area contributed by atoms with Crippen LogP contribution >= 0.6 is 0 Å². The molecule has 0 spiro atoms. The van der Waals surface area contributed by atoms with Gasteiger partial charge in [-0.25, -0.2) is 9.18 Å². The van der Waals surface area contributed by atoms with Crippen LogP contribution in [0.2, 0.25) is 0 Å². The lowest BCUT2D eigenvalue weighted by atomic mass is 10.0. The molecule has 2 aromatic carbocycles. The highest BCUT2D eigenvalue weighted by atomic mass is 19.1. The minimum absolute atomic E-state index is 0.245. The van der Waals surface area contributed by atoms with Gasteiger partial charge in [0.2, 0.25) is 0 Å². The van der Waals surface area contributed by atoms with Gasteiger partial charge in [0.1, 0.15) is 5.82 Å². The van der Waals surface area contributed by atoms with Crippen molar-refractivity contribution >= 4 is 11.8 Å². The minimum Gasteiger partial charge on any atom is -0.449 e. The zero-order valence-corrected chi connectivity index (χ0v) is 13.5. The second-order valence-electron chi connectivity index (χ2n) is 5.43. The molecular formula is C20H17FN2O2. The number of carbonyl (C=O) groups excluding carboxylic acids is 1. The monoisotopic (exact) mass is 336 g/mol. The van der Waals surface area contributed by atoms with Gasteiger partial charge >= 0.3 is 6.09 Å². The molecule has 0 aliphatic heterocycles. The number of amides is 1. The summed E-state index contributed by atoms with van der Waals surface area (Å²) < 4.78 is 18.9. The largest absolute Gasteiger partial charge is 0.449 e. The van der Waals surface area contributed by atoms with Crippen LogP contribution in [0.15, 0.2) is 73.1 Å². The van der Waals surface area contributed by atoms with E-state index in [0.717, 1.165) is 11.1 Å². The van der Waals surface area contributed by atoms with Crippen LogP contribution in [0.4, 0.5) is 14.9 Å². The Morgan fingerprint density at radius 3 is 2.56 bits per heavy atom. The van der Waals surface area contributed by atoms with Crippen molar-refractivity contribution in [3.63, 3.8) is 0 Å². The van der Waals surface area contributed by atoms with Crippen LogP contribution in [0.1, 0.15) is 5.56 Å². The molecule has 0 aliphatic rings. The molecule has 0 unspecified atom stereocenters. The van der Waals surface area contributed by atoms with Crippen molar-refractivity contribution in [2.75, 3.05) is 11.9 Å². The van der Waals surface area contributed by atoms with Gasteiger partial charge in [0, 0.05) is 18.2 Å². The van der Waals surface area contributed by atoms with Crippen LogP contribution in [0.3, 0.4) is 0 Å². The summed E-state index contributed by atoms with van der Waals surface area (Å²) in [7, 11) is 0. The molecule has 25 heavy (non-hydrogen) atoms. The highest BCUT2D eigenvalue weighted by molar-refractivity contribution is 5.84. The van der Waals surface area contributed by atoms with Crippen LogP contribution in [-0.4, -0.2) is 17.7 Å². The molecule has 0 radical (unpaired) electrons. The number of halogens is 1. The van der Waals surface area contributed by atoms with Crippen molar-refractivity contribution in [2.45, 2.75) is 6.42 Å². The van der Waals surface area contributed by atoms with Crippen LogP contribution < -0.4 is 5.32 Å². The molecule has 3 rings (SSSR count). The predicted octanol–water partition coefficient (Wildman–Crippen LogP) is 4.68. The molecule has 1 heterocycles. The average molecular weight is 336 g/mol.